The Hall–Kier alpha value is -3.50. The molecule has 2 aromatic rings. The van der Waals surface area contributed by atoms with Gasteiger partial charge < -0.3 is 20.4 Å². The summed E-state index contributed by atoms with van der Waals surface area (Å²) in [6.07, 6.45) is -2.93. The monoisotopic (exact) mass is 448 g/mol. The Bertz CT molecular complexity index is 982. The van der Waals surface area contributed by atoms with Crippen molar-refractivity contribution in [2.45, 2.75) is 12.6 Å². The lowest BCUT2D eigenvalue weighted by Gasteiger charge is -2.23. The SMILES string of the molecule is O=C(Nc1cccc(N2CCNC2=O)c1)N1CCCN(c2ccc(C(F)(F)F)cn2)CC1. The van der Waals surface area contributed by atoms with Crippen molar-refractivity contribution in [3.8, 4) is 0 Å². The summed E-state index contributed by atoms with van der Waals surface area (Å²) in [7, 11) is 0. The number of nitrogens with one attached hydrogen (secondary N) is 2. The first-order chi connectivity index (χ1) is 15.3. The molecule has 2 N–H and O–H groups in total. The summed E-state index contributed by atoms with van der Waals surface area (Å²) in [6, 6.07) is 9.03. The molecule has 170 valence electrons. The largest absolute Gasteiger partial charge is 0.417 e. The summed E-state index contributed by atoms with van der Waals surface area (Å²) in [5.74, 6) is 0.455. The number of pyridine rings is 1. The number of aromatic nitrogens is 1. The minimum absolute atomic E-state index is 0.169. The highest BCUT2D eigenvalue weighted by atomic mass is 19.4. The molecule has 11 heteroatoms. The van der Waals surface area contributed by atoms with Gasteiger partial charge in [-0.15, -0.1) is 0 Å². The second-order valence-electron chi connectivity index (χ2n) is 7.59. The summed E-state index contributed by atoms with van der Waals surface area (Å²) in [6.45, 7) is 3.10. The van der Waals surface area contributed by atoms with Gasteiger partial charge in [-0.25, -0.2) is 14.6 Å². The molecule has 1 aromatic heterocycles. The molecule has 4 amide bonds. The Morgan fingerprint density at radius 3 is 2.59 bits per heavy atom. The zero-order valence-corrected chi connectivity index (χ0v) is 17.2. The molecule has 32 heavy (non-hydrogen) atoms. The van der Waals surface area contributed by atoms with E-state index in [0.717, 1.165) is 12.3 Å². The third kappa shape index (κ3) is 4.87. The molecule has 0 aliphatic carbocycles. The zero-order valence-electron chi connectivity index (χ0n) is 17.2. The van der Waals surface area contributed by atoms with E-state index in [1.54, 1.807) is 34.1 Å². The highest BCUT2D eigenvalue weighted by molar-refractivity contribution is 5.95. The molecular weight excluding hydrogens is 425 g/mol. The number of carbonyl (C=O) groups excluding carboxylic acids is 2. The number of benzene rings is 1. The van der Waals surface area contributed by atoms with Crippen LogP contribution in [-0.4, -0.2) is 61.2 Å². The van der Waals surface area contributed by atoms with Gasteiger partial charge in [0.15, 0.2) is 0 Å². The quantitative estimate of drug-likeness (QED) is 0.755. The highest BCUT2D eigenvalue weighted by Gasteiger charge is 2.31. The molecule has 0 bridgehead atoms. The van der Waals surface area contributed by atoms with Crippen LogP contribution in [0, 0.1) is 0 Å². The zero-order chi connectivity index (χ0) is 22.7. The van der Waals surface area contributed by atoms with Crippen LogP contribution in [0.3, 0.4) is 0 Å². The van der Waals surface area contributed by atoms with Crippen molar-refractivity contribution >= 4 is 29.3 Å². The van der Waals surface area contributed by atoms with Crippen LogP contribution in [0.1, 0.15) is 12.0 Å². The third-order valence-corrected chi connectivity index (χ3v) is 5.45. The van der Waals surface area contributed by atoms with Gasteiger partial charge in [0.2, 0.25) is 0 Å². The second-order valence-corrected chi connectivity index (χ2v) is 7.59. The fraction of sp³-hybridized carbons (Fsp3) is 0.381. The van der Waals surface area contributed by atoms with E-state index < -0.39 is 11.7 Å². The summed E-state index contributed by atoms with van der Waals surface area (Å²) in [4.78, 5) is 33.7. The Morgan fingerprint density at radius 1 is 1.06 bits per heavy atom. The van der Waals surface area contributed by atoms with Crippen LogP contribution < -0.4 is 20.4 Å². The molecule has 0 spiro atoms. The van der Waals surface area contributed by atoms with E-state index in [9.17, 15) is 22.8 Å². The van der Waals surface area contributed by atoms with Gasteiger partial charge in [-0.1, -0.05) is 6.07 Å². The van der Waals surface area contributed by atoms with Crippen molar-refractivity contribution in [3.63, 3.8) is 0 Å². The van der Waals surface area contributed by atoms with Gasteiger partial charge in [0.05, 0.1) is 5.56 Å². The molecule has 2 aliphatic heterocycles. The second kappa shape index (κ2) is 8.93. The predicted octanol–water partition coefficient (Wildman–Crippen LogP) is 3.37. The van der Waals surface area contributed by atoms with Crippen LogP contribution in [0.25, 0.3) is 0 Å². The van der Waals surface area contributed by atoms with Crippen molar-refractivity contribution < 1.29 is 22.8 Å². The van der Waals surface area contributed by atoms with E-state index in [1.165, 1.54) is 6.07 Å². The van der Waals surface area contributed by atoms with Crippen molar-refractivity contribution in [3.05, 3.63) is 48.2 Å². The van der Waals surface area contributed by atoms with Gasteiger partial charge in [-0.05, 0) is 36.8 Å². The minimum Gasteiger partial charge on any atom is -0.355 e. The van der Waals surface area contributed by atoms with E-state index in [4.69, 9.17) is 0 Å². The minimum atomic E-state index is -4.42. The Labute approximate surface area is 183 Å². The molecule has 1 aromatic carbocycles. The summed E-state index contributed by atoms with van der Waals surface area (Å²) in [5.41, 5.74) is 0.497. The molecule has 4 rings (SSSR count). The average Bonchev–Trinajstić information content (AvgIpc) is 3.04. The van der Waals surface area contributed by atoms with Crippen molar-refractivity contribution in [1.29, 1.82) is 0 Å². The van der Waals surface area contributed by atoms with Gasteiger partial charge in [0.25, 0.3) is 0 Å². The van der Waals surface area contributed by atoms with Crippen LogP contribution in [0.15, 0.2) is 42.6 Å². The van der Waals surface area contributed by atoms with Gasteiger partial charge in [-0.2, -0.15) is 13.2 Å². The number of alkyl halides is 3. The molecule has 0 saturated carbocycles. The molecule has 0 radical (unpaired) electrons. The first-order valence-electron chi connectivity index (χ1n) is 10.3. The van der Waals surface area contributed by atoms with Crippen LogP contribution in [0.5, 0.6) is 0 Å². The lowest BCUT2D eigenvalue weighted by atomic mass is 10.2. The van der Waals surface area contributed by atoms with E-state index in [0.29, 0.717) is 62.9 Å². The maximum atomic E-state index is 12.8. The highest BCUT2D eigenvalue weighted by Crippen LogP contribution is 2.29. The number of carbonyl (C=O) groups is 2. The topological polar surface area (TPSA) is 80.8 Å². The molecule has 3 heterocycles. The third-order valence-electron chi connectivity index (χ3n) is 5.45. The molecule has 2 saturated heterocycles. The first-order valence-corrected chi connectivity index (χ1v) is 10.3. The number of urea groups is 2. The smallest absolute Gasteiger partial charge is 0.355 e. The molecule has 8 nitrogen and oxygen atoms in total. The van der Waals surface area contributed by atoms with Gasteiger partial charge in [0, 0.05) is 56.8 Å². The Balaban J connectivity index is 1.36. The fourth-order valence-electron chi connectivity index (χ4n) is 3.76. The lowest BCUT2D eigenvalue weighted by Crippen LogP contribution is -2.38. The lowest BCUT2D eigenvalue weighted by molar-refractivity contribution is -0.137. The van der Waals surface area contributed by atoms with E-state index in [2.05, 4.69) is 15.6 Å². The van der Waals surface area contributed by atoms with Crippen LogP contribution in [0.2, 0.25) is 0 Å². The van der Waals surface area contributed by atoms with Crippen LogP contribution in [0.4, 0.5) is 40.0 Å². The first kappa shape index (κ1) is 21.7. The predicted molar refractivity (Wildman–Crippen MR) is 114 cm³/mol. The maximum Gasteiger partial charge on any atom is 0.417 e. The number of hydrogen-bond acceptors (Lipinski definition) is 4. The van der Waals surface area contributed by atoms with Crippen LogP contribution >= 0.6 is 0 Å². The molecule has 2 fully saturated rings. The molecule has 0 unspecified atom stereocenters. The number of amides is 4. The maximum absolute atomic E-state index is 12.8. The van der Waals surface area contributed by atoms with Gasteiger partial charge in [0.1, 0.15) is 5.82 Å². The number of rotatable bonds is 3. The van der Waals surface area contributed by atoms with E-state index in [1.807, 2.05) is 4.90 Å². The van der Waals surface area contributed by atoms with Crippen molar-refractivity contribution in [1.82, 2.24) is 15.2 Å². The number of anilines is 3. The number of halogens is 3. The average molecular weight is 448 g/mol. The standard InChI is InChI=1S/C21H23F3N6O2/c22-21(23,24)15-5-6-18(26-14-15)28-8-2-9-29(12-11-28)20(32)27-16-3-1-4-17(13-16)30-10-7-25-19(30)31/h1,3-6,13-14H,2,7-12H2,(H,25,31)(H,27,32). The Kier molecular flexibility index (Phi) is 6.06. The fourth-order valence-corrected chi connectivity index (χ4v) is 3.76. The van der Waals surface area contributed by atoms with Gasteiger partial charge >= 0.3 is 18.2 Å². The van der Waals surface area contributed by atoms with E-state index >= 15 is 0 Å². The molecular formula is C21H23F3N6O2. The van der Waals surface area contributed by atoms with Crippen LogP contribution in [-0.2, 0) is 6.18 Å². The Morgan fingerprint density at radius 2 is 1.91 bits per heavy atom. The summed E-state index contributed by atoms with van der Waals surface area (Å²) < 4.78 is 38.3. The number of nitrogens with zero attached hydrogens (tertiary/aromatic N) is 4. The van der Waals surface area contributed by atoms with Crippen molar-refractivity contribution in [2.24, 2.45) is 0 Å². The van der Waals surface area contributed by atoms with Gasteiger partial charge in [-0.3, -0.25) is 4.90 Å². The summed E-state index contributed by atoms with van der Waals surface area (Å²) in [5, 5.41) is 5.61. The summed E-state index contributed by atoms with van der Waals surface area (Å²) >= 11 is 0. The molecule has 0 atom stereocenters. The van der Waals surface area contributed by atoms with Crippen molar-refractivity contribution in [2.75, 3.05) is 54.4 Å². The molecule has 2 aliphatic rings. The normalized spacial score (nSPS) is 17.2. The van der Waals surface area contributed by atoms with E-state index in [-0.39, 0.29) is 12.1 Å². The number of hydrogen-bond donors (Lipinski definition) is 2.